The standard InChI is InChI=1S/C10H13N3S/c1-8-4-3-5-9(6-8)7-12-13-10(14)11-2/h3-7H,1-2H3,(H2,11,13,14). The van der Waals surface area contributed by atoms with E-state index in [2.05, 4.69) is 15.8 Å². The van der Waals surface area contributed by atoms with Gasteiger partial charge in [-0.05, 0) is 24.7 Å². The summed E-state index contributed by atoms with van der Waals surface area (Å²) < 4.78 is 0. The van der Waals surface area contributed by atoms with Crippen LogP contribution in [0.25, 0.3) is 0 Å². The molecule has 0 amide bonds. The maximum atomic E-state index is 4.86. The van der Waals surface area contributed by atoms with Gasteiger partial charge in [0.2, 0.25) is 0 Å². The average Bonchev–Trinajstić information content (AvgIpc) is 2.17. The molecule has 74 valence electrons. The number of hydrogen-bond acceptors (Lipinski definition) is 2. The predicted octanol–water partition coefficient (Wildman–Crippen LogP) is 1.42. The number of rotatable bonds is 2. The summed E-state index contributed by atoms with van der Waals surface area (Å²) >= 11 is 4.86. The molecule has 0 aliphatic rings. The molecule has 0 saturated heterocycles. The molecule has 0 aromatic heterocycles. The molecule has 14 heavy (non-hydrogen) atoms. The minimum Gasteiger partial charge on any atom is -0.364 e. The zero-order valence-electron chi connectivity index (χ0n) is 8.24. The quantitative estimate of drug-likeness (QED) is 0.437. The lowest BCUT2D eigenvalue weighted by Gasteiger charge is -1.99. The number of hydrogen-bond donors (Lipinski definition) is 2. The first-order valence-electron chi connectivity index (χ1n) is 4.30. The summed E-state index contributed by atoms with van der Waals surface area (Å²) in [6.07, 6.45) is 1.73. The Morgan fingerprint density at radius 1 is 1.50 bits per heavy atom. The molecule has 0 spiro atoms. The second-order valence-corrected chi connectivity index (χ2v) is 3.27. The molecule has 0 bridgehead atoms. The van der Waals surface area contributed by atoms with E-state index in [1.54, 1.807) is 13.3 Å². The van der Waals surface area contributed by atoms with Crippen molar-refractivity contribution in [2.75, 3.05) is 7.05 Å². The summed E-state index contributed by atoms with van der Waals surface area (Å²) in [7, 11) is 1.75. The van der Waals surface area contributed by atoms with Crippen LogP contribution in [-0.4, -0.2) is 18.4 Å². The fourth-order valence-corrected chi connectivity index (χ4v) is 1.02. The van der Waals surface area contributed by atoms with Crippen LogP contribution < -0.4 is 10.7 Å². The molecule has 2 N–H and O–H groups in total. The summed E-state index contributed by atoms with van der Waals surface area (Å²) in [6, 6.07) is 8.07. The molecule has 0 heterocycles. The number of thiocarbonyl (C=S) groups is 1. The van der Waals surface area contributed by atoms with Gasteiger partial charge in [-0.15, -0.1) is 0 Å². The van der Waals surface area contributed by atoms with E-state index < -0.39 is 0 Å². The summed E-state index contributed by atoms with van der Waals surface area (Å²) in [5.41, 5.74) is 4.96. The average molecular weight is 207 g/mol. The Balaban J connectivity index is 2.56. The van der Waals surface area contributed by atoms with Gasteiger partial charge < -0.3 is 5.32 Å². The maximum Gasteiger partial charge on any atom is 0.186 e. The number of aryl methyl sites for hydroxylation is 1. The zero-order chi connectivity index (χ0) is 10.4. The molecule has 1 rings (SSSR count). The summed E-state index contributed by atoms with van der Waals surface area (Å²) in [5.74, 6) is 0. The van der Waals surface area contributed by atoms with Gasteiger partial charge in [0.25, 0.3) is 0 Å². The van der Waals surface area contributed by atoms with Crippen molar-refractivity contribution in [3.8, 4) is 0 Å². The molecule has 3 nitrogen and oxygen atoms in total. The van der Waals surface area contributed by atoms with E-state index in [-0.39, 0.29) is 0 Å². The minimum absolute atomic E-state index is 0.508. The Labute approximate surface area is 89.2 Å². The first-order chi connectivity index (χ1) is 6.72. The van der Waals surface area contributed by atoms with Crippen molar-refractivity contribution in [1.29, 1.82) is 0 Å². The van der Waals surface area contributed by atoms with E-state index in [0.717, 1.165) is 5.56 Å². The first kappa shape index (κ1) is 10.7. The van der Waals surface area contributed by atoms with Crippen LogP contribution in [0.3, 0.4) is 0 Å². The lowest BCUT2D eigenvalue weighted by molar-refractivity contribution is 0.982. The summed E-state index contributed by atoms with van der Waals surface area (Å²) in [5, 5.41) is 7.25. The highest BCUT2D eigenvalue weighted by molar-refractivity contribution is 7.80. The number of nitrogens with zero attached hydrogens (tertiary/aromatic N) is 1. The first-order valence-corrected chi connectivity index (χ1v) is 4.70. The molecule has 0 atom stereocenters. The minimum atomic E-state index is 0.508. The van der Waals surface area contributed by atoms with E-state index in [1.807, 2.05) is 31.2 Å². The molecule has 0 aliphatic carbocycles. The fourth-order valence-electron chi connectivity index (χ4n) is 0.972. The van der Waals surface area contributed by atoms with E-state index >= 15 is 0 Å². The van der Waals surface area contributed by atoms with Gasteiger partial charge in [-0.3, -0.25) is 5.43 Å². The SMILES string of the molecule is CNC(=S)NN=Cc1cccc(C)c1. The molecule has 4 heteroatoms. The number of hydrazone groups is 1. The lowest BCUT2D eigenvalue weighted by atomic mass is 10.2. The third-order valence-electron chi connectivity index (χ3n) is 1.65. The van der Waals surface area contributed by atoms with Crippen molar-refractivity contribution in [3.63, 3.8) is 0 Å². The smallest absolute Gasteiger partial charge is 0.186 e. The Morgan fingerprint density at radius 2 is 2.29 bits per heavy atom. The largest absolute Gasteiger partial charge is 0.364 e. The van der Waals surface area contributed by atoms with E-state index in [0.29, 0.717) is 5.11 Å². The van der Waals surface area contributed by atoms with Crippen molar-refractivity contribution < 1.29 is 0 Å². The molecule has 0 aliphatic heterocycles. The van der Waals surface area contributed by atoms with Crippen LogP contribution in [0.2, 0.25) is 0 Å². The highest BCUT2D eigenvalue weighted by atomic mass is 32.1. The summed E-state index contributed by atoms with van der Waals surface area (Å²) in [4.78, 5) is 0. The summed E-state index contributed by atoms with van der Waals surface area (Å²) in [6.45, 7) is 2.04. The molecule has 0 radical (unpaired) electrons. The van der Waals surface area contributed by atoms with Crippen molar-refractivity contribution >= 4 is 23.5 Å². The van der Waals surface area contributed by atoms with Crippen LogP contribution in [0.15, 0.2) is 29.4 Å². The Hall–Kier alpha value is -1.42. The Bertz CT molecular complexity index is 347. The highest BCUT2D eigenvalue weighted by Crippen LogP contribution is 2.00. The molecule has 1 aromatic rings. The van der Waals surface area contributed by atoms with Gasteiger partial charge in [0.15, 0.2) is 5.11 Å². The maximum absolute atomic E-state index is 4.86. The van der Waals surface area contributed by atoms with Crippen LogP contribution in [0.1, 0.15) is 11.1 Å². The van der Waals surface area contributed by atoms with Crippen molar-refractivity contribution in [2.45, 2.75) is 6.92 Å². The molecular weight excluding hydrogens is 194 g/mol. The fraction of sp³-hybridized carbons (Fsp3) is 0.200. The van der Waals surface area contributed by atoms with Crippen molar-refractivity contribution in [1.82, 2.24) is 10.7 Å². The second kappa shape index (κ2) is 5.34. The molecule has 0 unspecified atom stereocenters. The van der Waals surface area contributed by atoms with Crippen molar-refractivity contribution in [2.24, 2.45) is 5.10 Å². The van der Waals surface area contributed by atoms with Crippen LogP contribution in [0, 0.1) is 6.92 Å². The second-order valence-electron chi connectivity index (χ2n) is 2.86. The van der Waals surface area contributed by atoms with E-state index in [1.165, 1.54) is 5.56 Å². The van der Waals surface area contributed by atoms with Gasteiger partial charge in [0.05, 0.1) is 6.21 Å². The van der Waals surface area contributed by atoms with Gasteiger partial charge in [-0.2, -0.15) is 5.10 Å². The van der Waals surface area contributed by atoms with Gasteiger partial charge in [0, 0.05) is 7.05 Å². The van der Waals surface area contributed by atoms with Crippen LogP contribution in [0.4, 0.5) is 0 Å². The topological polar surface area (TPSA) is 36.4 Å². The van der Waals surface area contributed by atoms with Crippen LogP contribution in [0.5, 0.6) is 0 Å². The van der Waals surface area contributed by atoms with Gasteiger partial charge in [-0.25, -0.2) is 0 Å². The predicted molar refractivity (Wildman–Crippen MR) is 63.6 cm³/mol. The van der Waals surface area contributed by atoms with Crippen LogP contribution >= 0.6 is 12.2 Å². The lowest BCUT2D eigenvalue weighted by Crippen LogP contribution is -2.28. The molecular formula is C10H13N3S. The molecule has 1 aromatic carbocycles. The van der Waals surface area contributed by atoms with Gasteiger partial charge in [0.1, 0.15) is 0 Å². The molecule has 0 fully saturated rings. The third-order valence-corrected chi connectivity index (χ3v) is 1.94. The normalized spacial score (nSPS) is 10.1. The van der Waals surface area contributed by atoms with E-state index in [9.17, 15) is 0 Å². The monoisotopic (exact) mass is 207 g/mol. The number of nitrogens with one attached hydrogen (secondary N) is 2. The van der Waals surface area contributed by atoms with Crippen LogP contribution in [-0.2, 0) is 0 Å². The Morgan fingerprint density at radius 3 is 2.93 bits per heavy atom. The zero-order valence-corrected chi connectivity index (χ0v) is 9.06. The highest BCUT2D eigenvalue weighted by Gasteiger charge is 1.88. The van der Waals surface area contributed by atoms with Crippen molar-refractivity contribution in [3.05, 3.63) is 35.4 Å². The molecule has 0 saturated carbocycles. The number of benzene rings is 1. The Kier molecular flexibility index (Phi) is 4.07. The third kappa shape index (κ3) is 3.53. The van der Waals surface area contributed by atoms with E-state index in [4.69, 9.17) is 12.2 Å². The van der Waals surface area contributed by atoms with Gasteiger partial charge >= 0.3 is 0 Å². The van der Waals surface area contributed by atoms with Gasteiger partial charge in [-0.1, -0.05) is 29.8 Å².